The van der Waals surface area contributed by atoms with Crippen LogP contribution in [0.15, 0.2) is 52.5 Å². The summed E-state index contributed by atoms with van der Waals surface area (Å²) >= 11 is 1.43. The number of nitrogens with zero attached hydrogens (tertiary/aromatic N) is 1. The Kier molecular flexibility index (Phi) is 6.37. The maximum Gasteiger partial charge on any atom is 0.250 e. The van der Waals surface area contributed by atoms with Crippen LogP contribution in [0.1, 0.15) is 18.1 Å². The number of benzene rings is 2. The summed E-state index contributed by atoms with van der Waals surface area (Å²) in [4.78, 5) is 12.9. The summed E-state index contributed by atoms with van der Waals surface area (Å²) in [5, 5.41) is 4.01. The highest BCUT2D eigenvalue weighted by Gasteiger charge is 2.07. The molecule has 0 spiro atoms. The molecular formula is C18H19FN2O2S. The third-order valence-electron chi connectivity index (χ3n) is 3.31. The second kappa shape index (κ2) is 8.49. The maximum absolute atomic E-state index is 13.7. The van der Waals surface area contributed by atoms with Gasteiger partial charge in [-0.2, -0.15) is 5.10 Å². The molecule has 2 aromatic rings. The molecule has 0 unspecified atom stereocenters. The molecule has 1 N–H and O–H groups in total. The van der Waals surface area contributed by atoms with Crippen molar-refractivity contribution < 1.29 is 13.9 Å². The minimum atomic E-state index is -0.467. The molecule has 6 heteroatoms. The number of amides is 1. The number of nitrogens with one attached hydrogen (secondary N) is 1. The topological polar surface area (TPSA) is 50.7 Å². The van der Waals surface area contributed by atoms with Gasteiger partial charge in [-0.25, -0.2) is 9.82 Å². The van der Waals surface area contributed by atoms with Crippen molar-refractivity contribution in [1.29, 1.82) is 0 Å². The Labute approximate surface area is 145 Å². The number of thioether (sulfide) groups is 1. The molecule has 1 amide bonds. The van der Waals surface area contributed by atoms with Crippen LogP contribution in [-0.2, 0) is 4.79 Å². The molecule has 126 valence electrons. The second-order valence-electron chi connectivity index (χ2n) is 5.18. The Hall–Kier alpha value is -2.34. The zero-order valence-electron chi connectivity index (χ0n) is 13.8. The van der Waals surface area contributed by atoms with Gasteiger partial charge in [0.05, 0.1) is 18.6 Å². The van der Waals surface area contributed by atoms with Crippen molar-refractivity contribution >= 4 is 23.4 Å². The van der Waals surface area contributed by atoms with Crippen LogP contribution < -0.4 is 10.2 Å². The van der Waals surface area contributed by atoms with Crippen molar-refractivity contribution in [3.63, 3.8) is 0 Å². The average Bonchev–Trinajstić information content (AvgIpc) is 2.59. The molecular weight excluding hydrogens is 327 g/mol. The smallest absolute Gasteiger partial charge is 0.250 e. The van der Waals surface area contributed by atoms with E-state index in [1.807, 2.05) is 31.2 Å². The lowest BCUT2D eigenvalue weighted by Crippen LogP contribution is -2.21. The van der Waals surface area contributed by atoms with Crippen LogP contribution in [0.2, 0.25) is 0 Å². The van der Waals surface area contributed by atoms with Crippen molar-refractivity contribution in [2.24, 2.45) is 5.10 Å². The number of hydrogen-bond acceptors (Lipinski definition) is 4. The SMILES string of the molecule is COc1ccc(/C(C)=N\NC(=O)CSc2ccc(C)cc2)cc1F. The average molecular weight is 346 g/mol. The van der Waals surface area contributed by atoms with Gasteiger partial charge in [0.15, 0.2) is 11.6 Å². The van der Waals surface area contributed by atoms with Gasteiger partial charge in [-0.3, -0.25) is 4.79 Å². The van der Waals surface area contributed by atoms with Crippen LogP contribution >= 0.6 is 11.8 Å². The van der Waals surface area contributed by atoms with Crippen LogP contribution in [0.25, 0.3) is 0 Å². The van der Waals surface area contributed by atoms with E-state index in [0.717, 1.165) is 4.90 Å². The third-order valence-corrected chi connectivity index (χ3v) is 4.32. The number of carbonyl (C=O) groups excluding carboxylic acids is 1. The lowest BCUT2D eigenvalue weighted by atomic mass is 10.1. The molecule has 0 fully saturated rings. The van der Waals surface area contributed by atoms with Crippen molar-refractivity contribution in [3.05, 3.63) is 59.4 Å². The fraction of sp³-hybridized carbons (Fsp3) is 0.222. The van der Waals surface area contributed by atoms with Crippen molar-refractivity contribution in [1.82, 2.24) is 5.43 Å². The Balaban J connectivity index is 1.90. The molecule has 0 saturated carbocycles. The molecule has 0 aliphatic carbocycles. The number of methoxy groups -OCH3 is 1. The van der Waals surface area contributed by atoms with Gasteiger partial charge in [-0.1, -0.05) is 17.7 Å². The summed E-state index contributed by atoms with van der Waals surface area (Å²) in [7, 11) is 1.41. The van der Waals surface area contributed by atoms with E-state index >= 15 is 0 Å². The largest absolute Gasteiger partial charge is 0.494 e. The van der Waals surface area contributed by atoms with Gasteiger partial charge in [0.25, 0.3) is 0 Å². The molecule has 0 aromatic heterocycles. The summed E-state index contributed by atoms with van der Waals surface area (Å²) in [5.74, 6) is -0.249. The zero-order chi connectivity index (χ0) is 17.5. The molecule has 0 heterocycles. The number of ether oxygens (including phenoxy) is 1. The third kappa shape index (κ3) is 5.09. The van der Waals surface area contributed by atoms with E-state index in [9.17, 15) is 9.18 Å². The zero-order valence-corrected chi connectivity index (χ0v) is 14.6. The fourth-order valence-electron chi connectivity index (χ4n) is 1.92. The van der Waals surface area contributed by atoms with Gasteiger partial charge >= 0.3 is 0 Å². The van der Waals surface area contributed by atoms with E-state index in [2.05, 4.69) is 10.5 Å². The van der Waals surface area contributed by atoms with Crippen LogP contribution in [0, 0.1) is 12.7 Å². The molecule has 0 radical (unpaired) electrons. The van der Waals surface area contributed by atoms with Crippen LogP contribution in [-0.4, -0.2) is 24.5 Å². The number of rotatable bonds is 6. The Morgan fingerprint density at radius 2 is 1.96 bits per heavy atom. The fourth-order valence-corrected chi connectivity index (χ4v) is 2.61. The number of hydrogen-bond donors (Lipinski definition) is 1. The Morgan fingerprint density at radius 1 is 1.25 bits per heavy atom. The van der Waals surface area contributed by atoms with Crippen molar-refractivity contribution in [3.8, 4) is 5.75 Å². The highest BCUT2D eigenvalue weighted by molar-refractivity contribution is 8.00. The lowest BCUT2D eigenvalue weighted by Gasteiger charge is -2.06. The van der Waals surface area contributed by atoms with Gasteiger partial charge in [-0.15, -0.1) is 11.8 Å². The number of halogens is 1. The monoisotopic (exact) mass is 346 g/mol. The Bertz CT molecular complexity index is 745. The van der Waals surface area contributed by atoms with Crippen molar-refractivity contribution in [2.45, 2.75) is 18.7 Å². The van der Waals surface area contributed by atoms with Crippen LogP contribution in [0.5, 0.6) is 5.75 Å². The van der Waals surface area contributed by atoms with E-state index in [-0.39, 0.29) is 17.4 Å². The maximum atomic E-state index is 13.7. The first-order valence-electron chi connectivity index (χ1n) is 7.36. The molecule has 0 aliphatic heterocycles. The summed E-state index contributed by atoms with van der Waals surface area (Å²) in [6.07, 6.45) is 0. The van der Waals surface area contributed by atoms with Gasteiger partial charge < -0.3 is 4.74 Å². The first kappa shape index (κ1) is 18.0. The summed E-state index contributed by atoms with van der Waals surface area (Å²) < 4.78 is 18.5. The number of hydrazone groups is 1. The standard InChI is InChI=1S/C18H19FN2O2S/c1-12-4-7-15(8-5-12)24-11-18(22)21-20-13(2)14-6-9-17(23-3)16(19)10-14/h4-10H,11H2,1-3H3,(H,21,22)/b20-13-. The first-order chi connectivity index (χ1) is 11.5. The van der Waals surface area contributed by atoms with E-state index in [1.54, 1.807) is 13.0 Å². The second-order valence-corrected chi connectivity index (χ2v) is 6.23. The summed E-state index contributed by atoms with van der Waals surface area (Å²) in [6, 6.07) is 12.5. The molecule has 0 atom stereocenters. The number of carbonyl (C=O) groups is 1. The van der Waals surface area contributed by atoms with Gasteiger partial charge in [0, 0.05) is 10.5 Å². The predicted molar refractivity (Wildman–Crippen MR) is 95.2 cm³/mol. The lowest BCUT2D eigenvalue weighted by molar-refractivity contribution is -0.118. The van der Waals surface area contributed by atoms with E-state index in [4.69, 9.17) is 4.74 Å². The highest BCUT2D eigenvalue weighted by Crippen LogP contribution is 2.19. The van der Waals surface area contributed by atoms with Gasteiger partial charge in [0.1, 0.15) is 0 Å². The molecule has 2 aromatic carbocycles. The molecule has 2 rings (SSSR count). The Morgan fingerprint density at radius 3 is 2.58 bits per heavy atom. The molecule has 0 saturated heterocycles. The molecule has 0 bridgehead atoms. The van der Waals surface area contributed by atoms with E-state index < -0.39 is 5.82 Å². The summed E-state index contributed by atoms with van der Waals surface area (Å²) in [5.41, 5.74) is 4.76. The predicted octanol–water partition coefficient (Wildman–Crippen LogP) is 3.78. The van der Waals surface area contributed by atoms with Gasteiger partial charge in [-0.05, 0) is 44.2 Å². The van der Waals surface area contributed by atoms with Crippen molar-refractivity contribution in [2.75, 3.05) is 12.9 Å². The van der Waals surface area contributed by atoms with E-state index in [0.29, 0.717) is 11.3 Å². The van der Waals surface area contributed by atoms with Crippen LogP contribution in [0.3, 0.4) is 0 Å². The molecule has 4 nitrogen and oxygen atoms in total. The summed E-state index contributed by atoms with van der Waals surface area (Å²) in [6.45, 7) is 3.72. The number of aryl methyl sites for hydroxylation is 1. The minimum absolute atomic E-state index is 0.171. The van der Waals surface area contributed by atoms with Crippen LogP contribution in [0.4, 0.5) is 4.39 Å². The molecule has 24 heavy (non-hydrogen) atoms. The first-order valence-corrected chi connectivity index (χ1v) is 8.34. The minimum Gasteiger partial charge on any atom is -0.494 e. The molecule has 0 aliphatic rings. The quantitative estimate of drug-likeness (QED) is 0.492. The highest BCUT2D eigenvalue weighted by atomic mass is 32.2. The van der Waals surface area contributed by atoms with Gasteiger partial charge in [0.2, 0.25) is 5.91 Å². The van der Waals surface area contributed by atoms with E-state index in [1.165, 1.54) is 36.6 Å². The normalized spacial score (nSPS) is 11.2.